The molecule has 6 rings (SSSR count). The fourth-order valence-electron chi connectivity index (χ4n) is 7.14. The minimum atomic E-state index is -1.00. The van der Waals surface area contributed by atoms with Crippen LogP contribution in [0.15, 0.2) is 72.8 Å². The summed E-state index contributed by atoms with van der Waals surface area (Å²) in [6.07, 6.45) is 1.58. The van der Waals surface area contributed by atoms with Gasteiger partial charge in [0.15, 0.2) is 0 Å². The number of likely N-dealkylation sites (tertiary alicyclic amines) is 1. The summed E-state index contributed by atoms with van der Waals surface area (Å²) in [5.41, 5.74) is 2.94. The second-order valence-electron chi connectivity index (χ2n) is 12.6. The third-order valence-corrected chi connectivity index (χ3v) is 9.60. The number of aliphatic hydroxyl groups excluding tert-OH is 1. The van der Waals surface area contributed by atoms with Crippen LogP contribution in [0.2, 0.25) is 0 Å². The van der Waals surface area contributed by atoms with Crippen molar-refractivity contribution in [1.82, 2.24) is 9.80 Å². The molecule has 226 valence electrons. The average molecular weight is 587 g/mol. The van der Waals surface area contributed by atoms with Crippen molar-refractivity contribution in [2.45, 2.75) is 56.8 Å². The Labute approximate surface area is 251 Å². The van der Waals surface area contributed by atoms with Gasteiger partial charge in [-0.3, -0.25) is 4.79 Å². The van der Waals surface area contributed by atoms with Crippen LogP contribution in [-0.4, -0.2) is 76.5 Å². The topological polar surface area (TPSA) is 87.6 Å². The van der Waals surface area contributed by atoms with E-state index in [4.69, 9.17) is 0 Å². The first-order valence-corrected chi connectivity index (χ1v) is 15.0. The molecule has 1 atom stereocenters. The standard InChI is InChI=1S/C34H39FN4O4/c1-33(2)28-9-3-4-10-29(28)38(31(33)42)18-6-17-36-19-15-34(16-20-36)32(43)37(22-24-7-5-8-25(21-24)30(40)41)23-39(34)27-13-11-26(35)12-14-27/h3-5,7-14,21,31,42H,6,15-20,22-23H2,1-2H3,(H,40,41). The highest BCUT2D eigenvalue weighted by Gasteiger charge is 2.53. The van der Waals surface area contributed by atoms with E-state index < -0.39 is 17.7 Å². The molecule has 0 saturated carbocycles. The molecule has 8 nitrogen and oxygen atoms in total. The fraction of sp³-hybridized carbons (Fsp3) is 0.412. The molecule has 3 aromatic carbocycles. The van der Waals surface area contributed by atoms with Gasteiger partial charge in [-0.1, -0.05) is 44.2 Å². The number of carbonyl (C=O) groups is 2. The lowest BCUT2D eigenvalue weighted by Crippen LogP contribution is -2.56. The number of halogens is 1. The Balaban J connectivity index is 1.14. The molecular formula is C34H39FN4O4. The first-order chi connectivity index (χ1) is 20.6. The summed E-state index contributed by atoms with van der Waals surface area (Å²) < 4.78 is 13.8. The maximum Gasteiger partial charge on any atom is 0.335 e. The van der Waals surface area contributed by atoms with Gasteiger partial charge in [0.05, 0.1) is 12.2 Å². The van der Waals surface area contributed by atoms with Gasteiger partial charge in [-0.2, -0.15) is 0 Å². The van der Waals surface area contributed by atoms with E-state index in [0.717, 1.165) is 49.5 Å². The van der Waals surface area contributed by atoms with Crippen LogP contribution >= 0.6 is 0 Å². The van der Waals surface area contributed by atoms with Crippen LogP contribution in [0.25, 0.3) is 0 Å². The van der Waals surface area contributed by atoms with E-state index in [1.54, 1.807) is 35.2 Å². The summed E-state index contributed by atoms with van der Waals surface area (Å²) in [4.78, 5) is 34.0. The number of carbonyl (C=O) groups excluding carboxylic acids is 1. The smallest absolute Gasteiger partial charge is 0.335 e. The van der Waals surface area contributed by atoms with Gasteiger partial charge in [-0.05, 0) is 79.4 Å². The Hall–Kier alpha value is -3.95. The molecule has 3 aliphatic heterocycles. The number of carboxylic acid groups (broad SMARTS) is 1. The van der Waals surface area contributed by atoms with E-state index in [-0.39, 0.29) is 22.7 Å². The quantitative estimate of drug-likeness (QED) is 0.397. The lowest BCUT2D eigenvalue weighted by molar-refractivity contribution is -0.134. The predicted molar refractivity (Wildman–Crippen MR) is 164 cm³/mol. The largest absolute Gasteiger partial charge is 0.478 e. The van der Waals surface area contributed by atoms with E-state index in [1.165, 1.54) is 17.7 Å². The van der Waals surface area contributed by atoms with Gasteiger partial charge in [-0.25, -0.2) is 9.18 Å². The van der Waals surface area contributed by atoms with Crippen molar-refractivity contribution in [3.05, 3.63) is 95.3 Å². The number of benzene rings is 3. The molecule has 1 unspecified atom stereocenters. The summed E-state index contributed by atoms with van der Waals surface area (Å²) in [6, 6.07) is 21.2. The summed E-state index contributed by atoms with van der Waals surface area (Å²) in [5.74, 6) is -1.30. The van der Waals surface area contributed by atoms with Crippen molar-refractivity contribution in [3.63, 3.8) is 0 Å². The van der Waals surface area contributed by atoms with Crippen molar-refractivity contribution >= 4 is 23.3 Å². The number of piperidine rings is 1. The van der Waals surface area contributed by atoms with Crippen LogP contribution in [0.5, 0.6) is 0 Å². The number of carboxylic acids is 1. The monoisotopic (exact) mass is 586 g/mol. The number of hydrogen-bond donors (Lipinski definition) is 2. The number of aromatic carboxylic acids is 1. The van der Waals surface area contributed by atoms with E-state index in [9.17, 15) is 24.2 Å². The Morgan fingerprint density at radius 2 is 1.70 bits per heavy atom. The molecule has 3 aromatic rings. The number of fused-ring (bicyclic) bond motifs is 1. The van der Waals surface area contributed by atoms with Crippen molar-refractivity contribution < 1.29 is 24.2 Å². The maximum absolute atomic E-state index is 14.1. The molecule has 0 bridgehead atoms. The minimum absolute atomic E-state index is 0.0243. The normalized spacial score (nSPS) is 21.1. The first kappa shape index (κ1) is 29.1. The Kier molecular flexibility index (Phi) is 7.64. The van der Waals surface area contributed by atoms with Gasteiger partial charge in [0.2, 0.25) is 5.91 Å². The molecule has 0 aliphatic carbocycles. The van der Waals surface area contributed by atoms with Crippen LogP contribution in [0, 0.1) is 5.82 Å². The van der Waals surface area contributed by atoms with Crippen LogP contribution in [-0.2, 0) is 16.8 Å². The van der Waals surface area contributed by atoms with Crippen LogP contribution < -0.4 is 9.80 Å². The van der Waals surface area contributed by atoms with E-state index in [1.807, 2.05) is 18.2 Å². The molecule has 1 amide bonds. The summed E-state index contributed by atoms with van der Waals surface area (Å²) >= 11 is 0. The molecule has 3 aliphatic rings. The fourth-order valence-corrected chi connectivity index (χ4v) is 7.14. The van der Waals surface area contributed by atoms with Crippen LogP contribution in [0.1, 0.15) is 54.6 Å². The number of aliphatic hydroxyl groups is 1. The molecule has 1 spiro atoms. The zero-order valence-corrected chi connectivity index (χ0v) is 24.7. The zero-order valence-electron chi connectivity index (χ0n) is 24.7. The molecule has 2 saturated heterocycles. The molecule has 2 fully saturated rings. The molecule has 3 heterocycles. The van der Waals surface area contributed by atoms with Crippen LogP contribution in [0.3, 0.4) is 0 Å². The summed E-state index contributed by atoms with van der Waals surface area (Å²) in [6.45, 7) is 7.91. The van der Waals surface area contributed by atoms with Gasteiger partial charge in [0.25, 0.3) is 0 Å². The highest BCUT2D eigenvalue weighted by Crippen LogP contribution is 2.44. The molecule has 2 N–H and O–H groups in total. The van der Waals surface area contributed by atoms with E-state index >= 15 is 0 Å². The van der Waals surface area contributed by atoms with Gasteiger partial charge in [0, 0.05) is 43.0 Å². The van der Waals surface area contributed by atoms with Gasteiger partial charge in [0.1, 0.15) is 17.6 Å². The third-order valence-electron chi connectivity index (χ3n) is 9.60. The van der Waals surface area contributed by atoms with Crippen molar-refractivity contribution in [3.8, 4) is 0 Å². The average Bonchev–Trinajstić information content (AvgIpc) is 3.37. The third kappa shape index (κ3) is 5.25. The number of hydrogen-bond acceptors (Lipinski definition) is 6. The van der Waals surface area contributed by atoms with E-state index in [2.05, 4.69) is 40.7 Å². The molecular weight excluding hydrogens is 547 g/mol. The van der Waals surface area contributed by atoms with Gasteiger partial charge < -0.3 is 29.8 Å². The number of anilines is 2. The van der Waals surface area contributed by atoms with Crippen molar-refractivity contribution in [2.24, 2.45) is 0 Å². The molecule has 0 aromatic heterocycles. The van der Waals surface area contributed by atoms with E-state index in [0.29, 0.717) is 26.1 Å². The zero-order chi connectivity index (χ0) is 30.4. The lowest BCUT2D eigenvalue weighted by atomic mass is 9.85. The van der Waals surface area contributed by atoms with Crippen molar-refractivity contribution in [2.75, 3.05) is 42.6 Å². The number of amides is 1. The molecule has 9 heteroatoms. The number of nitrogens with zero attached hydrogens (tertiary/aromatic N) is 4. The number of rotatable bonds is 8. The molecule has 43 heavy (non-hydrogen) atoms. The molecule has 0 radical (unpaired) electrons. The number of para-hydroxylation sites is 1. The Bertz CT molecular complexity index is 1500. The second-order valence-corrected chi connectivity index (χ2v) is 12.6. The van der Waals surface area contributed by atoms with Crippen LogP contribution in [0.4, 0.5) is 15.8 Å². The Morgan fingerprint density at radius 3 is 2.42 bits per heavy atom. The Morgan fingerprint density at radius 1 is 0.977 bits per heavy atom. The van der Waals surface area contributed by atoms with Gasteiger partial charge in [-0.15, -0.1) is 0 Å². The second kappa shape index (κ2) is 11.3. The SMILES string of the molecule is CC1(C)c2ccccc2N(CCCN2CCC3(CC2)C(=O)N(Cc2cccc(C(=O)O)c2)CN3c2ccc(F)cc2)C1O. The van der Waals surface area contributed by atoms with Crippen molar-refractivity contribution in [1.29, 1.82) is 0 Å². The summed E-state index contributed by atoms with van der Waals surface area (Å²) in [5, 5.41) is 20.5. The lowest BCUT2D eigenvalue weighted by Gasteiger charge is -2.43. The predicted octanol–water partition coefficient (Wildman–Crippen LogP) is 4.67. The highest BCUT2D eigenvalue weighted by atomic mass is 19.1. The summed E-state index contributed by atoms with van der Waals surface area (Å²) in [7, 11) is 0. The maximum atomic E-state index is 14.1. The minimum Gasteiger partial charge on any atom is -0.478 e. The van der Waals surface area contributed by atoms with Gasteiger partial charge >= 0.3 is 5.97 Å². The first-order valence-electron chi connectivity index (χ1n) is 15.0. The highest BCUT2D eigenvalue weighted by molar-refractivity contribution is 5.93.